The Morgan fingerprint density at radius 1 is 0.971 bits per heavy atom. The van der Waals surface area contributed by atoms with Crippen molar-refractivity contribution in [2.24, 2.45) is 0 Å². The van der Waals surface area contributed by atoms with Crippen molar-refractivity contribution in [2.75, 3.05) is 31.1 Å². The molecule has 0 bridgehead atoms. The van der Waals surface area contributed by atoms with Gasteiger partial charge in [0.1, 0.15) is 11.5 Å². The molecule has 35 heavy (non-hydrogen) atoms. The van der Waals surface area contributed by atoms with Crippen molar-refractivity contribution >= 4 is 11.6 Å². The number of hydrogen-bond acceptors (Lipinski definition) is 6. The highest BCUT2D eigenvalue weighted by Gasteiger charge is 2.35. The molecule has 0 N–H and O–H groups in total. The number of aryl methyl sites for hydroxylation is 2. The SMILES string of the molecule is Cc1ccc(N2CCN(C(=O)c3cnn(-c4nccc(-c5ccc(C)o5)n4)c3C3CC3)CC2)cc1. The highest BCUT2D eigenvalue weighted by Crippen LogP contribution is 2.42. The van der Waals surface area contributed by atoms with Gasteiger partial charge in [-0.1, -0.05) is 17.7 Å². The minimum Gasteiger partial charge on any atom is -0.460 e. The Morgan fingerprint density at radius 3 is 2.43 bits per heavy atom. The van der Waals surface area contributed by atoms with Gasteiger partial charge in [-0.05, 0) is 57.0 Å². The van der Waals surface area contributed by atoms with Gasteiger partial charge in [-0.3, -0.25) is 4.79 Å². The lowest BCUT2D eigenvalue weighted by Gasteiger charge is -2.36. The van der Waals surface area contributed by atoms with Crippen LogP contribution in [0.3, 0.4) is 0 Å². The molecule has 1 saturated carbocycles. The van der Waals surface area contributed by atoms with Gasteiger partial charge in [0.15, 0.2) is 5.76 Å². The molecule has 1 aliphatic heterocycles. The van der Waals surface area contributed by atoms with Crippen molar-refractivity contribution in [1.29, 1.82) is 0 Å². The molecule has 6 rings (SSSR count). The summed E-state index contributed by atoms with van der Waals surface area (Å²) in [5.74, 6) is 2.33. The Kier molecular flexibility index (Phi) is 5.36. The Balaban J connectivity index is 1.24. The van der Waals surface area contributed by atoms with Crippen LogP contribution in [0.25, 0.3) is 17.4 Å². The summed E-state index contributed by atoms with van der Waals surface area (Å²) in [6.07, 6.45) is 5.49. The third kappa shape index (κ3) is 4.20. The first kappa shape index (κ1) is 21.6. The van der Waals surface area contributed by atoms with E-state index in [1.54, 1.807) is 17.1 Å². The maximum Gasteiger partial charge on any atom is 0.257 e. The van der Waals surface area contributed by atoms with Crippen LogP contribution in [0.4, 0.5) is 5.69 Å². The predicted molar refractivity (Wildman–Crippen MR) is 133 cm³/mol. The third-order valence-corrected chi connectivity index (χ3v) is 6.79. The van der Waals surface area contributed by atoms with Gasteiger partial charge in [0, 0.05) is 44.0 Å². The molecular formula is C27H28N6O2. The Hall–Kier alpha value is -3.94. The smallest absolute Gasteiger partial charge is 0.257 e. The quantitative estimate of drug-likeness (QED) is 0.433. The van der Waals surface area contributed by atoms with E-state index in [-0.39, 0.29) is 5.91 Å². The summed E-state index contributed by atoms with van der Waals surface area (Å²) in [5, 5.41) is 4.58. The molecule has 0 radical (unpaired) electrons. The number of rotatable bonds is 5. The zero-order valence-electron chi connectivity index (χ0n) is 20.0. The van der Waals surface area contributed by atoms with Crippen molar-refractivity contribution < 1.29 is 9.21 Å². The van der Waals surface area contributed by atoms with Crippen molar-refractivity contribution in [2.45, 2.75) is 32.6 Å². The number of carbonyl (C=O) groups excluding carboxylic acids is 1. The van der Waals surface area contributed by atoms with Gasteiger partial charge in [0.05, 0.1) is 17.5 Å². The van der Waals surface area contributed by atoms with Crippen LogP contribution in [0.15, 0.2) is 59.3 Å². The summed E-state index contributed by atoms with van der Waals surface area (Å²) < 4.78 is 7.48. The molecule has 4 aromatic rings. The normalized spacial score (nSPS) is 16.1. The van der Waals surface area contributed by atoms with Crippen molar-refractivity contribution in [3.05, 3.63) is 77.4 Å². The molecule has 4 heterocycles. The zero-order valence-corrected chi connectivity index (χ0v) is 20.0. The van der Waals surface area contributed by atoms with Crippen molar-refractivity contribution in [1.82, 2.24) is 24.6 Å². The van der Waals surface area contributed by atoms with Crippen LogP contribution in [0, 0.1) is 13.8 Å². The van der Waals surface area contributed by atoms with E-state index in [4.69, 9.17) is 9.40 Å². The predicted octanol–water partition coefficient (Wildman–Crippen LogP) is 4.38. The average Bonchev–Trinajstić information content (AvgIpc) is 3.48. The third-order valence-electron chi connectivity index (χ3n) is 6.79. The summed E-state index contributed by atoms with van der Waals surface area (Å²) in [7, 11) is 0. The van der Waals surface area contributed by atoms with E-state index in [9.17, 15) is 4.79 Å². The number of furan rings is 1. The second-order valence-electron chi connectivity index (χ2n) is 9.40. The van der Waals surface area contributed by atoms with E-state index in [0.717, 1.165) is 37.4 Å². The van der Waals surface area contributed by atoms with Crippen LogP contribution in [0.5, 0.6) is 0 Å². The van der Waals surface area contributed by atoms with Crippen LogP contribution < -0.4 is 4.90 Å². The Bertz CT molecular complexity index is 1360. The molecule has 8 heteroatoms. The maximum absolute atomic E-state index is 13.6. The van der Waals surface area contributed by atoms with Gasteiger partial charge < -0.3 is 14.2 Å². The molecule has 2 aliphatic rings. The summed E-state index contributed by atoms with van der Waals surface area (Å²) in [6, 6.07) is 14.2. The van der Waals surface area contributed by atoms with E-state index in [0.29, 0.717) is 42.0 Å². The number of anilines is 1. The van der Waals surface area contributed by atoms with Crippen molar-refractivity contribution in [3.8, 4) is 17.4 Å². The highest BCUT2D eigenvalue weighted by atomic mass is 16.3. The first-order chi connectivity index (χ1) is 17.1. The molecule has 0 atom stereocenters. The van der Waals surface area contributed by atoms with Gasteiger partial charge in [-0.25, -0.2) is 14.6 Å². The van der Waals surface area contributed by atoms with Gasteiger partial charge in [0.2, 0.25) is 0 Å². The van der Waals surface area contributed by atoms with Crippen LogP contribution in [0.1, 0.15) is 46.1 Å². The van der Waals surface area contributed by atoms with E-state index >= 15 is 0 Å². The number of carbonyl (C=O) groups is 1. The molecule has 2 fully saturated rings. The Morgan fingerprint density at radius 2 is 1.74 bits per heavy atom. The molecule has 0 unspecified atom stereocenters. The molecular weight excluding hydrogens is 440 g/mol. The summed E-state index contributed by atoms with van der Waals surface area (Å²) >= 11 is 0. The van der Waals surface area contributed by atoms with E-state index in [1.165, 1.54) is 11.3 Å². The maximum atomic E-state index is 13.6. The fraction of sp³-hybridized carbons (Fsp3) is 0.333. The summed E-state index contributed by atoms with van der Waals surface area (Å²) in [6.45, 7) is 7.00. The van der Waals surface area contributed by atoms with Gasteiger partial charge >= 0.3 is 0 Å². The molecule has 8 nitrogen and oxygen atoms in total. The first-order valence-corrected chi connectivity index (χ1v) is 12.2. The number of amides is 1. The summed E-state index contributed by atoms with van der Waals surface area (Å²) in [4.78, 5) is 27.0. The van der Waals surface area contributed by atoms with Crippen LogP contribution in [0.2, 0.25) is 0 Å². The van der Waals surface area contributed by atoms with Gasteiger partial charge in [-0.15, -0.1) is 0 Å². The lowest BCUT2D eigenvalue weighted by molar-refractivity contribution is 0.0745. The second kappa shape index (κ2) is 8.69. The Labute approximate surface area is 204 Å². The lowest BCUT2D eigenvalue weighted by atomic mass is 10.1. The zero-order chi connectivity index (χ0) is 23.9. The second-order valence-corrected chi connectivity index (χ2v) is 9.40. The summed E-state index contributed by atoms with van der Waals surface area (Å²) in [5.41, 5.74) is 4.74. The van der Waals surface area contributed by atoms with E-state index < -0.39 is 0 Å². The van der Waals surface area contributed by atoms with Crippen LogP contribution >= 0.6 is 0 Å². The lowest BCUT2D eigenvalue weighted by Crippen LogP contribution is -2.48. The van der Waals surface area contributed by atoms with Gasteiger partial charge in [0.25, 0.3) is 11.9 Å². The molecule has 0 spiro atoms. The molecule has 1 aromatic carbocycles. The minimum absolute atomic E-state index is 0.0412. The molecule has 1 aliphatic carbocycles. The van der Waals surface area contributed by atoms with E-state index in [1.807, 2.05) is 30.0 Å². The standard InChI is InChI=1S/C27H28N6O2/c1-18-3-8-21(9-4-18)31-13-15-32(16-14-31)26(34)22-17-29-33(25(22)20-6-7-20)27-28-12-11-23(30-27)24-10-5-19(2)35-24/h3-5,8-12,17,20H,6-7,13-16H2,1-2H3. The largest absolute Gasteiger partial charge is 0.460 e. The number of aromatic nitrogens is 4. The molecule has 1 amide bonds. The number of benzene rings is 1. The topological polar surface area (TPSA) is 80.3 Å². The first-order valence-electron chi connectivity index (χ1n) is 12.2. The number of piperazine rings is 1. The fourth-order valence-electron chi connectivity index (χ4n) is 4.69. The molecule has 178 valence electrons. The average molecular weight is 469 g/mol. The number of nitrogens with zero attached hydrogens (tertiary/aromatic N) is 6. The van der Waals surface area contributed by atoms with Crippen LogP contribution in [-0.4, -0.2) is 56.7 Å². The van der Waals surface area contributed by atoms with E-state index in [2.05, 4.69) is 46.2 Å². The monoisotopic (exact) mass is 468 g/mol. The van der Waals surface area contributed by atoms with Crippen LogP contribution in [-0.2, 0) is 0 Å². The van der Waals surface area contributed by atoms with Crippen molar-refractivity contribution in [3.63, 3.8) is 0 Å². The fourth-order valence-corrected chi connectivity index (χ4v) is 4.69. The molecule has 3 aromatic heterocycles. The number of hydrogen-bond donors (Lipinski definition) is 0. The highest BCUT2D eigenvalue weighted by molar-refractivity contribution is 5.95. The minimum atomic E-state index is 0.0412. The molecule has 1 saturated heterocycles. The van der Waals surface area contributed by atoms with Gasteiger partial charge in [-0.2, -0.15) is 5.10 Å².